The van der Waals surface area contributed by atoms with Crippen LogP contribution in [-0.2, 0) is 0 Å². The predicted octanol–water partition coefficient (Wildman–Crippen LogP) is 4.19. The van der Waals surface area contributed by atoms with E-state index in [1.54, 1.807) is 0 Å². The molecule has 1 atom stereocenters. The number of hydrogen-bond acceptors (Lipinski definition) is 4. The molecule has 27 heavy (non-hydrogen) atoms. The molecule has 7 heteroatoms. The molecule has 0 spiro atoms. The van der Waals surface area contributed by atoms with E-state index in [0.717, 1.165) is 5.56 Å². The molecule has 0 saturated carbocycles. The molecule has 3 rings (SSSR count). The summed E-state index contributed by atoms with van der Waals surface area (Å²) in [6.45, 7) is 2.11. The van der Waals surface area contributed by atoms with Crippen molar-refractivity contribution in [2.45, 2.75) is 26.5 Å². The van der Waals surface area contributed by atoms with E-state index in [9.17, 15) is 13.6 Å². The lowest BCUT2D eigenvalue weighted by atomic mass is 9.95. The first-order valence-corrected chi connectivity index (χ1v) is 8.69. The van der Waals surface area contributed by atoms with E-state index in [4.69, 9.17) is 9.47 Å². The largest absolute Gasteiger partial charge is 0.486 e. The van der Waals surface area contributed by atoms with E-state index in [1.807, 2.05) is 32.0 Å². The summed E-state index contributed by atoms with van der Waals surface area (Å²) in [5.74, 6) is 1.18. The third-order valence-electron chi connectivity index (χ3n) is 4.22. The Bertz CT molecular complexity index is 793. The number of carbonyl (C=O) groups is 1. The maximum absolute atomic E-state index is 12.6. The van der Waals surface area contributed by atoms with Gasteiger partial charge in [-0.3, -0.25) is 4.79 Å². The lowest BCUT2D eigenvalue weighted by Gasteiger charge is -2.25. The van der Waals surface area contributed by atoms with Gasteiger partial charge >= 0.3 is 6.61 Å². The molecule has 144 valence electrons. The number of fused-ring (bicyclic) bond motifs is 1. The molecule has 2 aromatic carbocycles. The molecule has 5 nitrogen and oxygen atoms in total. The van der Waals surface area contributed by atoms with E-state index in [1.165, 1.54) is 24.3 Å². The van der Waals surface area contributed by atoms with Gasteiger partial charge in [0.2, 0.25) is 0 Å². The second-order valence-electron chi connectivity index (χ2n) is 6.50. The Morgan fingerprint density at radius 2 is 1.70 bits per heavy atom. The number of hydrogen-bond donors (Lipinski definition) is 1. The number of amides is 1. The lowest BCUT2D eigenvalue weighted by Crippen LogP contribution is -2.31. The molecule has 0 bridgehead atoms. The summed E-state index contributed by atoms with van der Waals surface area (Å²) in [4.78, 5) is 12.6. The fourth-order valence-electron chi connectivity index (χ4n) is 2.90. The molecule has 2 aromatic rings. The van der Waals surface area contributed by atoms with Crippen molar-refractivity contribution in [3.8, 4) is 17.2 Å². The standard InChI is InChI=1S/C20H21F2NO4/c1-12(2)18(14-5-8-16-17(11-14)26-10-9-25-16)23-19(24)13-3-6-15(7-4-13)27-20(21)22/h3-8,11-12,18,20H,9-10H2,1-2H3,(H,23,24). The van der Waals surface area contributed by atoms with Gasteiger partial charge in [0, 0.05) is 5.56 Å². The van der Waals surface area contributed by atoms with Crippen LogP contribution >= 0.6 is 0 Å². The van der Waals surface area contributed by atoms with Crippen LogP contribution in [-0.4, -0.2) is 25.7 Å². The summed E-state index contributed by atoms with van der Waals surface area (Å²) >= 11 is 0. The molecule has 0 saturated heterocycles. The Hall–Kier alpha value is -2.83. The highest BCUT2D eigenvalue weighted by Crippen LogP contribution is 2.34. The lowest BCUT2D eigenvalue weighted by molar-refractivity contribution is -0.0498. The quantitative estimate of drug-likeness (QED) is 0.820. The van der Waals surface area contributed by atoms with E-state index in [0.29, 0.717) is 30.3 Å². The molecule has 1 aliphatic heterocycles. The van der Waals surface area contributed by atoms with Gasteiger partial charge in [0.15, 0.2) is 11.5 Å². The Morgan fingerprint density at radius 1 is 1.04 bits per heavy atom. The number of rotatable bonds is 6. The number of alkyl halides is 2. The molecule has 1 amide bonds. The van der Waals surface area contributed by atoms with Crippen LogP contribution in [0.2, 0.25) is 0 Å². The fourth-order valence-corrected chi connectivity index (χ4v) is 2.90. The van der Waals surface area contributed by atoms with Crippen LogP contribution in [0, 0.1) is 5.92 Å². The zero-order chi connectivity index (χ0) is 19.4. The van der Waals surface area contributed by atoms with Crippen LogP contribution in [0.1, 0.15) is 35.8 Å². The summed E-state index contributed by atoms with van der Waals surface area (Å²) in [5, 5.41) is 2.99. The van der Waals surface area contributed by atoms with Crippen molar-refractivity contribution < 1.29 is 27.8 Å². The van der Waals surface area contributed by atoms with Gasteiger partial charge in [-0.25, -0.2) is 0 Å². The van der Waals surface area contributed by atoms with Crippen molar-refractivity contribution in [2.75, 3.05) is 13.2 Å². The highest BCUT2D eigenvalue weighted by Gasteiger charge is 2.22. The van der Waals surface area contributed by atoms with Crippen LogP contribution < -0.4 is 19.5 Å². The van der Waals surface area contributed by atoms with Gasteiger partial charge < -0.3 is 19.5 Å². The molecule has 0 fully saturated rings. The van der Waals surface area contributed by atoms with Gasteiger partial charge in [-0.1, -0.05) is 19.9 Å². The van der Waals surface area contributed by atoms with Gasteiger partial charge in [0.1, 0.15) is 19.0 Å². The van der Waals surface area contributed by atoms with Gasteiger partial charge in [-0.05, 0) is 47.9 Å². The number of halogens is 2. The van der Waals surface area contributed by atoms with Gasteiger partial charge in [0.25, 0.3) is 5.91 Å². The summed E-state index contributed by atoms with van der Waals surface area (Å²) in [6.07, 6.45) is 0. The maximum atomic E-state index is 12.6. The topological polar surface area (TPSA) is 56.8 Å². The van der Waals surface area contributed by atoms with E-state index in [-0.39, 0.29) is 23.6 Å². The second-order valence-corrected chi connectivity index (χ2v) is 6.50. The highest BCUT2D eigenvalue weighted by atomic mass is 19.3. The third-order valence-corrected chi connectivity index (χ3v) is 4.22. The zero-order valence-electron chi connectivity index (χ0n) is 15.1. The third kappa shape index (κ3) is 4.67. The SMILES string of the molecule is CC(C)C(NC(=O)c1ccc(OC(F)F)cc1)c1ccc2c(c1)OCCO2. The molecule has 0 aliphatic carbocycles. The van der Waals surface area contributed by atoms with Crippen molar-refractivity contribution in [1.29, 1.82) is 0 Å². The zero-order valence-corrected chi connectivity index (χ0v) is 15.1. The van der Waals surface area contributed by atoms with Crippen molar-refractivity contribution in [3.05, 3.63) is 53.6 Å². The number of nitrogens with one attached hydrogen (secondary N) is 1. The first-order chi connectivity index (χ1) is 12.9. The molecule has 0 aromatic heterocycles. The predicted molar refractivity (Wildman–Crippen MR) is 95.6 cm³/mol. The van der Waals surface area contributed by atoms with Crippen molar-refractivity contribution >= 4 is 5.91 Å². The average molecular weight is 377 g/mol. The first-order valence-electron chi connectivity index (χ1n) is 8.69. The van der Waals surface area contributed by atoms with Crippen molar-refractivity contribution in [2.24, 2.45) is 5.92 Å². The van der Waals surface area contributed by atoms with Crippen LogP contribution in [0.25, 0.3) is 0 Å². The van der Waals surface area contributed by atoms with Crippen LogP contribution in [0.4, 0.5) is 8.78 Å². The molecule has 0 radical (unpaired) electrons. The minimum absolute atomic E-state index is 0.00814. The van der Waals surface area contributed by atoms with Crippen LogP contribution in [0.5, 0.6) is 17.2 Å². The van der Waals surface area contributed by atoms with Crippen LogP contribution in [0.3, 0.4) is 0 Å². The Kier molecular flexibility index (Phi) is 5.78. The Balaban J connectivity index is 1.75. The number of carbonyl (C=O) groups excluding carboxylic acids is 1. The van der Waals surface area contributed by atoms with E-state index in [2.05, 4.69) is 10.1 Å². The summed E-state index contributed by atoms with van der Waals surface area (Å²) in [7, 11) is 0. The smallest absolute Gasteiger partial charge is 0.387 e. The Labute approximate surface area is 156 Å². The fraction of sp³-hybridized carbons (Fsp3) is 0.350. The molecule has 1 N–H and O–H groups in total. The molecule has 1 unspecified atom stereocenters. The molecular weight excluding hydrogens is 356 g/mol. The molecule has 1 heterocycles. The van der Waals surface area contributed by atoms with E-state index < -0.39 is 6.61 Å². The summed E-state index contributed by atoms with van der Waals surface area (Å²) in [6, 6.07) is 11.0. The monoisotopic (exact) mass is 377 g/mol. The normalized spacial score (nSPS) is 14.1. The maximum Gasteiger partial charge on any atom is 0.387 e. The minimum atomic E-state index is -2.90. The average Bonchev–Trinajstić information content (AvgIpc) is 2.65. The summed E-state index contributed by atoms with van der Waals surface area (Å²) in [5.41, 5.74) is 1.26. The first kappa shape index (κ1) is 18.9. The number of benzene rings is 2. The van der Waals surface area contributed by atoms with Gasteiger partial charge in [-0.2, -0.15) is 8.78 Å². The van der Waals surface area contributed by atoms with Crippen LogP contribution in [0.15, 0.2) is 42.5 Å². The van der Waals surface area contributed by atoms with E-state index >= 15 is 0 Å². The summed E-state index contributed by atoms with van der Waals surface area (Å²) < 4.78 is 39.9. The minimum Gasteiger partial charge on any atom is -0.486 e. The number of ether oxygens (including phenoxy) is 3. The van der Waals surface area contributed by atoms with Gasteiger partial charge in [0.05, 0.1) is 6.04 Å². The Morgan fingerprint density at radius 3 is 2.33 bits per heavy atom. The second kappa shape index (κ2) is 8.24. The molecular formula is C20H21F2NO4. The van der Waals surface area contributed by atoms with Gasteiger partial charge in [-0.15, -0.1) is 0 Å². The highest BCUT2D eigenvalue weighted by molar-refractivity contribution is 5.94. The van der Waals surface area contributed by atoms with Crippen molar-refractivity contribution in [3.63, 3.8) is 0 Å². The molecule has 1 aliphatic rings. The van der Waals surface area contributed by atoms with Crippen molar-refractivity contribution in [1.82, 2.24) is 5.32 Å².